The molecule has 1 heterocycles. The molecule has 1 heteroatoms. The summed E-state index contributed by atoms with van der Waals surface area (Å²) in [5.41, 5.74) is 0. The van der Waals surface area contributed by atoms with E-state index in [1.165, 1.54) is 25.7 Å². The number of nitrogens with one attached hydrogen (secondary N) is 1. The molecule has 0 unspecified atom stereocenters. The molecule has 1 aliphatic rings. The summed E-state index contributed by atoms with van der Waals surface area (Å²) < 4.78 is 0. The van der Waals surface area contributed by atoms with Gasteiger partial charge in [0.15, 0.2) is 0 Å². The summed E-state index contributed by atoms with van der Waals surface area (Å²) >= 11 is 0. The van der Waals surface area contributed by atoms with E-state index >= 15 is 0 Å². The number of allylic oxidation sites excluding steroid dienone is 1. The van der Waals surface area contributed by atoms with Crippen LogP contribution in [0.2, 0.25) is 0 Å². The first-order valence-electron chi connectivity index (χ1n) is 5.61. The Morgan fingerprint density at radius 1 is 1.38 bits per heavy atom. The van der Waals surface area contributed by atoms with Gasteiger partial charge in [0, 0.05) is 12.1 Å². The molecule has 1 nitrogen and oxygen atoms in total. The van der Waals surface area contributed by atoms with Crippen molar-refractivity contribution >= 4 is 0 Å². The molecule has 2 atom stereocenters. The van der Waals surface area contributed by atoms with Gasteiger partial charge in [-0.1, -0.05) is 32.4 Å². The molecule has 1 rings (SSSR count). The Hall–Kier alpha value is -0.300. The van der Waals surface area contributed by atoms with Gasteiger partial charge in [0.2, 0.25) is 0 Å². The van der Waals surface area contributed by atoms with Gasteiger partial charge in [0.25, 0.3) is 0 Å². The highest BCUT2D eigenvalue weighted by Crippen LogP contribution is 2.13. The van der Waals surface area contributed by atoms with E-state index in [1.54, 1.807) is 0 Å². The summed E-state index contributed by atoms with van der Waals surface area (Å²) in [5.74, 6) is 0.789. The Bertz CT molecular complexity index is 161. The Morgan fingerprint density at radius 3 is 2.77 bits per heavy atom. The fraction of sp³-hybridized carbons (Fsp3) is 0.833. The van der Waals surface area contributed by atoms with Crippen molar-refractivity contribution in [3.63, 3.8) is 0 Å². The van der Waals surface area contributed by atoms with Gasteiger partial charge >= 0.3 is 0 Å². The largest absolute Gasteiger partial charge is 0.308 e. The number of rotatable bonds is 3. The summed E-state index contributed by atoms with van der Waals surface area (Å²) in [4.78, 5) is 0. The minimum Gasteiger partial charge on any atom is -0.308 e. The lowest BCUT2D eigenvalue weighted by Gasteiger charge is -2.26. The van der Waals surface area contributed by atoms with E-state index in [1.807, 2.05) is 0 Å². The zero-order chi connectivity index (χ0) is 9.68. The molecule has 0 aromatic heterocycles. The summed E-state index contributed by atoms with van der Waals surface area (Å²) in [6, 6.07) is 1.35. The number of piperidine rings is 1. The van der Waals surface area contributed by atoms with E-state index in [4.69, 9.17) is 0 Å². The topological polar surface area (TPSA) is 12.0 Å². The van der Waals surface area contributed by atoms with Crippen LogP contribution in [0.4, 0.5) is 0 Å². The normalized spacial score (nSPS) is 30.2. The van der Waals surface area contributed by atoms with Crippen LogP contribution < -0.4 is 5.32 Å². The minimum absolute atomic E-state index is 0.641. The zero-order valence-corrected chi connectivity index (χ0v) is 9.22. The molecular formula is C12H23N. The van der Waals surface area contributed by atoms with Gasteiger partial charge in [0.1, 0.15) is 0 Å². The Morgan fingerprint density at radius 2 is 2.15 bits per heavy atom. The van der Waals surface area contributed by atoms with Crippen LogP contribution in [0, 0.1) is 5.92 Å². The van der Waals surface area contributed by atoms with Crippen LogP contribution in [0.3, 0.4) is 0 Å². The van der Waals surface area contributed by atoms with Gasteiger partial charge in [-0.3, -0.25) is 0 Å². The van der Waals surface area contributed by atoms with Crippen molar-refractivity contribution < 1.29 is 0 Å². The Kier molecular flexibility index (Phi) is 4.51. The predicted molar refractivity (Wildman–Crippen MR) is 58.8 cm³/mol. The maximum absolute atomic E-state index is 3.60. The second kappa shape index (κ2) is 5.43. The lowest BCUT2D eigenvalue weighted by molar-refractivity contribution is 0.374. The molecule has 0 bridgehead atoms. The van der Waals surface area contributed by atoms with E-state index in [2.05, 4.69) is 38.2 Å². The highest BCUT2D eigenvalue weighted by atomic mass is 14.9. The average Bonchev–Trinajstić information content (AvgIpc) is 2.03. The minimum atomic E-state index is 0.641. The summed E-state index contributed by atoms with van der Waals surface area (Å²) in [5, 5.41) is 3.60. The summed E-state index contributed by atoms with van der Waals surface area (Å²) in [6.07, 6.45) is 9.95. The first kappa shape index (κ1) is 10.8. The van der Waals surface area contributed by atoms with Crippen molar-refractivity contribution in [3.05, 3.63) is 12.2 Å². The van der Waals surface area contributed by atoms with Gasteiger partial charge in [-0.05, 0) is 32.1 Å². The van der Waals surface area contributed by atoms with Crippen LogP contribution in [0.25, 0.3) is 0 Å². The molecule has 1 aliphatic heterocycles. The Balaban J connectivity index is 2.23. The van der Waals surface area contributed by atoms with Crippen molar-refractivity contribution in [2.75, 3.05) is 0 Å². The SMILES string of the molecule is CC(C)CC=C[C@H]1CCC[C@H](C)N1. The first-order valence-corrected chi connectivity index (χ1v) is 5.61. The molecule has 0 spiro atoms. The lowest BCUT2D eigenvalue weighted by Crippen LogP contribution is -2.39. The van der Waals surface area contributed by atoms with Crippen molar-refractivity contribution in [2.45, 2.75) is 58.5 Å². The third-order valence-electron chi connectivity index (χ3n) is 2.63. The summed E-state index contributed by atoms with van der Waals surface area (Å²) in [6.45, 7) is 6.81. The quantitative estimate of drug-likeness (QED) is 0.660. The standard InChI is InChI=1S/C12H23N/c1-10(2)6-4-8-12-9-5-7-11(3)13-12/h4,8,10-13H,5-7,9H2,1-3H3/t11-,12-/m0/s1. The highest BCUT2D eigenvalue weighted by molar-refractivity contribution is 4.96. The van der Waals surface area contributed by atoms with Crippen LogP contribution >= 0.6 is 0 Å². The van der Waals surface area contributed by atoms with Gasteiger partial charge in [0.05, 0.1) is 0 Å². The molecule has 0 saturated carbocycles. The fourth-order valence-corrected chi connectivity index (χ4v) is 1.84. The van der Waals surface area contributed by atoms with Crippen LogP contribution in [0.15, 0.2) is 12.2 Å². The van der Waals surface area contributed by atoms with E-state index in [0.717, 1.165) is 5.92 Å². The molecule has 1 saturated heterocycles. The maximum Gasteiger partial charge on any atom is 0.0252 e. The van der Waals surface area contributed by atoms with Crippen LogP contribution in [-0.2, 0) is 0 Å². The average molecular weight is 181 g/mol. The second-order valence-electron chi connectivity index (χ2n) is 4.66. The number of hydrogen-bond acceptors (Lipinski definition) is 1. The fourth-order valence-electron chi connectivity index (χ4n) is 1.84. The number of hydrogen-bond donors (Lipinski definition) is 1. The first-order chi connectivity index (χ1) is 6.18. The van der Waals surface area contributed by atoms with Crippen LogP contribution in [-0.4, -0.2) is 12.1 Å². The zero-order valence-electron chi connectivity index (χ0n) is 9.22. The predicted octanol–water partition coefficient (Wildman–Crippen LogP) is 3.12. The molecule has 0 aromatic carbocycles. The molecule has 0 amide bonds. The van der Waals surface area contributed by atoms with Crippen LogP contribution in [0.5, 0.6) is 0 Å². The molecule has 1 fully saturated rings. The molecule has 76 valence electrons. The summed E-state index contributed by atoms with van der Waals surface area (Å²) in [7, 11) is 0. The molecule has 0 aliphatic carbocycles. The maximum atomic E-state index is 3.60. The second-order valence-corrected chi connectivity index (χ2v) is 4.66. The van der Waals surface area contributed by atoms with Crippen molar-refractivity contribution in [3.8, 4) is 0 Å². The van der Waals surface area contributed by atoms with E-state index < -0.39 is 0 Å². The monoisotopic (exact) mass is 181 g/mol. The van der Waals surface area contributed by atoms with Gasteiger partial charge in [-0.15, -0.1) is 0 Å². The van der Waals surface area contributed by atoms with E-state index in [9.17, 15) is 0 Å². The van der Waals surface area contributed by atoms with Crippen molar-refractivity contribution in [1.82, 2.24) is 5.32 Å². The third-order valence-corrected chi connectivity index (χ3v) is 2.63. The Labute approximate surface area is 82.6 Å². The molecule has 0 aromatic rings. The van der Waals surface area contributed by atoms with Crippen molar-refractivity contribution in [2.24, 2.45) is 5.92 Å². The van der Waals surface area contributed by atoms with Crippen molar-refractivity contribution in [1.29, 1.82) is 0 Å². The molecule has 13 heavy (non-hydrogen) atoms. The van der Waals surface area contributed by atoms with Gasteiger partial charge in [-0.2, -0.15) is 0 Å². The van der Waals surface area contributed by atoms with Crippen LogP contribution in [0.1, 0.15) is 46.5 Å². The third kappa shape index (κ3) is 4.47. The molecule has 0 radical (unpaired) electrons. The van der Waals surface area contributed by atoms with E-state index in [0.29, 0.717) is 12.1 Å². The lowest BCUT2D eigenvalue weighted by atomic mass is 9.98. The van der Waals surface area contributed by atoms with Gasteiger partial charge < -0.3 is 5.32 Å². The van der Waals surface area contributed by atoms with E-state index in [-0.39, 0.29) is 0 Å². The molecule has 1 N–H and O–H groups in total. The van der Waals surface area contributed by atoms with Gasteiger partial charge in [-0.25, -0.2) is 0 Å². The highest BCUT2D eigenvalue weighted by Gasteiger charge is 2.14. The molecular weight excluding hydrogens is 158 g/mol. The smallest absolute Gasteiger partial charge is 0.0252 e.